The Labute approximate surface area is 105 Å². The fraction of sp³-hybridized carbons (Fsp3) is 0.167. The van der Waals surface area contributed by atoms with E-state index in [1.54, 1.807) is 0 Å². The molecule has 1 aromatic carbocycles. The Morgan fingerprint density at radius 1 is 1.11 bits per heavy atom. The van der Waals surface area contributed by atoms with Crippen molar-refractivity contribution in [3.8, 4) is 17.1 Å². The van der Waals surface area contributed by atoms with Gasteiger partial charge in [-0.2, -0.15) is 13.8 Å². The fourth-order valence-electron chi connectivity index (χ4n) is 1.53. The molecule has 7 heteroatoms. The van der Waals surface area contributed by atoms with E-state index in [-0.39, 0.29) is 23.0 Å². The zero-order valence-corrected chi connectivity index (χ0v) is 9.70. The van der Waals surface area contributed by atoms with Gasteiger partial charge >= 0.3 is 6.61 Å². The lowest BCUT2D eigenvalue weighted by Gasteiger charge is -2.07. The quantitative estimate of drug-likeness (QED) is 0.804. The largest absolute Gasteiger partial charge is 0.417 e. The number of alkyl halides is 2. The van der Waals surface area contributed by atoms with Crippen LogP contribution in [0.4, 0.5) is 17.6 Å². The first-order chi connectivity index (χ1) is 8.95. The summed E-state index contributed by atoms with van der Waals surface area (Å²) in [6.45, 7) is -1.59. The Hall–Kier alpha value is -2.18. The summed E-state index contributed by atoms with van der Waals surface area (Å²) in [4.78, 5) is 7.54. The number of nitrogens with zero attached hydrogens (tertiary/aromatic N) is 2. The monoisotopic (exact) mass is 272 g/mol. The van der Waals surface area contributed by atoms with Gasteiger partial charge in [0.2, 0.25) is 5.88 Å². The van der Waals surface area contributed by atoms with Crippen LogP contribution in [0.1, 0.15) is 5.82 Å². The summed E-state index contributed by atoms with van der Waals surface area (Å²) in [5, 5.41) is 0. The normalized spacial score (nSPS) is 10.8. The molecule has 0 saturated carbocycles. The molecule has 0 radical (unpaired) electrons. The molecule has 2 aromatic rings. The van der Waals surface area contributed by atoms with Crippen molar-refractivity contribution in [2.45, 2.75) is 13.5 Å². The van der Waals surface area contributed by atoms with Crippen LogP contribution >= 0.6 is 0 Å². The molecule has 0 fully saturated rings. The molecule has 0 unspecified atom stereocenters. The van der Waals surface area contributed by atoms with Crippen LogP contribution in [-0.2, 0) is 0 Å². The van der Waals surface area contributed by atoms with E-state index in [4.69, 9.17) is 0 Å². The fourth-order valence-corrected chi connectivity index (χ4v) is 1.53. The third-order valence-corrected chi connectivity index (χ3v) is 2.23. The van der Waals surface area contributed by atoms with E-state index in [1.165, 1.54) is 13.0 Å². The number of aryl methyl sites for hydroxylation is 1. The van der Waals surface area contributed by atoms with Crippen LogP contribution in [0.3, 0.4) is 0 Å². The molecule has 19 heavy (non-hydrogen) atoms. The molecule has 0 aliphatic heterocycles. The number of ether oxygens (including phenoxy) is 1. The molecule has 1 aromatic heterocycles. The molecule has 2 rings (SSSR count). The average Bonchev–Trinajstić information content (AvgIpc) is 2.26. The lowest BCUT2D eigenvalue weighted by Crippen LogP contribution is -2.05. The van der Waals surface area contributed by atoms with Crippen molar-refractivity contribution in [1.82, 2.24) is 9.97 Å². The van der Waals surface area contributed by atoms with E-state index in [0.29, 0.717) is 6.07 Å². The minimum absolute atomic E-state index is 0.0222. The average molecular weight is 272 g/mol. The van der Waals surface area contributed by atoms with Gasteiger partial charge in [-0.25, -0.2) is 13.8 Å². The van der Waals surface area contributed by atoms with Crippen molar-refractivity contribution in [1.29, 1.82) is 0 Å². The molecular weight excluding hydrogens is 264 g/mol. The van der Waals surface area contributed by atoms with Crippen molar-refractivity contribution in [3.05, 3.63) is 41.7 Å². The van der Waals surface area contributed by atoms with E-state index >= 15 is 0 Å². The number of halogens is 4. The van der Waals surface area contributed by atoms with Gasteiger partial charge in [0.05, 0.1) is 5.69 Å². The Kier molecular flexibility index (Phi) is 3.64. The zero-order chi connectivity index (χ0) is 14.0. The van der Waals surface area contributed by atoms with Gasteiger partial charge in [-0.3, -0.25) is 0 Å². The maximum Gasteiger partial charge on any atom is 0.388 e. The van der Waals surface area contributed by atoms with Gasteiger partial charge in [0, 0.05) is 17.7 Å². The van der Waals surface area contributed by atoms with Gasteiger partial charge in [-0.15, -0.1) is 0 Å². The summed E-state index contributed by atoms with van der Waals surface area (Å²) < 4.78 is 54.7. The molecule has 0 aliphatic rings. The Bertz CT molecular complexity index is 604. The Morgan fingerprint density at radius 3 is 2.47 bits per heavy atom. The summed E-state index contributed by atoms with van der Waals surface area (Å²) in [7, 11) is 0. The third kappa shape index (κ3) is 3.18. The predicted octanol–water partition coefficient (Wildman–Crippen LogP) is 3.33. The number of hydrogen-bond donors (Lipinski definition) is 0. The van der Waals surface area contributed by atoms with E-state index in [0.717, 1.165) is 12.1 Å². The molecule has 0 saturated heterocycles. The summed E-state index contributed by atoms with van der Waals surface area (Å²) in [5.74, 6) is -1.82. The summed E-state index contributed by atoms with van der Waals surface area (Å²) in [5.41, 5.74) is 0.0201. The maximum atomic E-state index is 13.6. The smallest absolute Gasteiger partial charge is 0.388 e. The van der Waals surface area contributed by atoms with Crippen molar-refractivity contribution in [2.24, 2.45) is 0 Å². The minimum Gasteiger partial charge on any atom is -0.417 e. The molecule has 0 N–H and O–H groups in total. The van der Waals surface area contributed by atoms with Crippen molar-refractivity contribution < 1.29 is 22.3 Å². The van der Waals surface area contributed by atoms with Crippen molar-refractivity contribution in [2.75, 3.05) is 0 Å². The first kappa shape index (κ1) is 13.3. The van der Waals surface area contributed by atoms with Gasteiger partial charge in [-0.1, -0.05) is 0 Å². The van der Waals surface area contributed by atoms with E-state index in [9.17, 15) is 17.6 Å². The summed E-state index contributed by atoms with van der Waals surface area (Å²) in [6.07, 6.45) is 0. The van der Waals surface area contributed by atoms with Crippen LogP contribution in [0.25, 0.3) is 11.3 Å². The molecule has 0 aliphatic carbocycles. The van der Waals surface area contributed by atoms with Crippen molar-refractivity contribution >= 4 is 0 Å². The SMILES string of the molecule is Cc1nc(OC(F)F)cc(-c2ccc(F)cc2F)n1. The van der Waals surface area contributed by atoms with Gasteiger partial charge in [0.1, 0.15) is 17.5 Å². The number of benzene rings is 1. The molecule has 0 amide bonds. The second kappa shape index (κ2) is 5.21. The van der Waals surface area contributed by atoms with Crippen LogP contribution in [0.15, 0.2) is 24.3 Å². The van der Waals surface area contributed by atoms with Gasteiger partial charge < -0.3 is 4.74 Å². The highest BCUT2D eigenvalue weighted by molar-refractivity contribution is 5.60. The maximum absolute atomic E-state index is 13.6. The van der Waals surface area contributed by atoms with Crippen LogP contribution < -0.4 is 4.74 Å². The number of rotatable bonds is 3. The Morgan fingerprint density at radius 2 is 1.84 bits per heavy atom. The molecule has 0 spiro atoms. The van der Waals surface area contributed by atoms with E-state index < -0.39 is 18.2 Å². The highest BCUT2D eigenvalue weighted by Gasteiger charge is 2.13. The molecule has 0 bridgehead atoms. The molecule has 0 atom stereocenters. The Balaban J connectivity index is 2.46. The van der Waals surface area contributed by atoms with Crippen molar-refractivity contribution in [3.63, 3.8) is 0 Å². The summed E-state index contributed by atoms with van der Waals surface area (Å²) in [6, 6.07) is 3.96. The molecule has 3 nitrogen and oxygen atoms in total. The highest BCUT2D eigenvalue weighted by Crippen LogP contribution is 2.25. The van der Waals surface area contributed by atoms with Crippen LogP contribution in [-0.4, -0.2) is 16.6 Å². The summed E-state index contributed by atoms with van der Waals surface area (Å²) >= 11 is 0. The van der Waals surface area contributed by atoms with Crippen LogP contribution in [0.5, 0.6) is 5.88 Å². The first-order valence-corrected chi connectivity index (χ1v) is 5.21. The molecule has 1 heterocycles. The molecule has 100 valence electrons. The second-order valence-electron chi connectivity index (χ2n) is 3.64. The minimum atomic E-state index is -3.04. The van der Waals surface area contributed by atoms with Gasteiger partial charge in [0.25, 0.3) is 0 Å². The van der Waals surface area contributed by atoms with Gasteiger partial charge in [-0.05, 0) is 19.1 Å². The zero-order valence-electron chi connectivity index (χ0n) is 9.70. The molecular formula is C12H8F4N2O. The first-order valence-electron chi connectivity index (χ1n) is 5.21. The predicted molar refractivity (Wildman–Crippen MR) is 58.8 cm³/mol. The van der Waals surface area contributed by atoms with Gasteiger partial charge in [0.15, 0.2) is 0 Å². The number of hydrogen-bond acceptors (Lipinski definition) is 3. The van der Waals surface area contributed by atoms with Crippen LogP contribution in [0, 0.1) is 18.6 Å². The second-order valence-corrected chi connectivity index (χ2v) is 3.64. The number of aromatic nitrogens is 2. The van der Waals surface area contributed by atoms with E-state index in [2.05, 4.69) is 14.7 Å². The topological polar surface area (TPSA) is 35.0 Å². The van der Waals surface area contributed by atoms with Crippen LogP contribution in [0.2, 0.25) is 0 Å². The third-order valence-electron chi connectivity index (χ3n) is 2.23. The standard InChI is InChI=1S/C12H8F4N2O/c1-6-17-10(5-11(18-6)19-12(15)16)8-3-2-7(13)4-9(8)14/h2-5,12H,1H3. The lowest BCUT2D eigenvalue weighted by molar-refractivity contribution is -0.0529. The van der Waals surface area contributed by atoms with E-state index in [1.807, 2.05) is 0 Å². The lowest BCUT2D eigenvalue weighted by atomic mass is 10.1. The highest BCUT2D eigenvalue weighted by atomic mass is 19.3.